The van der Waals surface area contributed by atoms with Crippen LogP contribution in [0.5, 0.6) is 0 Å². The van der Waals surface area contributed by atoms with Crippen LogP contribution in [0, 0.1) is 19.7 Å². The van der Waals surface area contributed by atoms with Gasteiger partial charge < -0.3 is 9.73 Å². The van der Waals surface area contributed by atoms with E-state index in [2.05, 4.69) is 20.5 Å². The Balaban J connectivity index is 1.61. The maximum atomic E-state index is 13.4. The van der Waals surface area contributed by atoms with Crippen molar-refractivity contribution in [2.75, 3.05) is 5.32 Å². The molecule has 0 aliphatic heterocycles. The number of H-pyrrole nitrogens is 1. The van der Waals surface area contributed by atoms with E-state index in [4.69, 9.17) is 4.42 Å². The number of halogens is 1. The number of oxazole rings is 1. The molecule has 4 rings (SSSR count). The van der Waals surface area contributed by atoms with Crippen LogP contribution >= 0.6 is 0 Å². The number of rotatable bonds is 3. The number of nitrogens with one attached hydrogen (secondary N) is 2. The van der Waals surface area contributed by atoms with Crippen LogP contribution in [-0.4, -0.2) is 21.1 Å². The summed E-state index contributed by atoms with van der Waals surface area (Å²) in [6, 6.07) is 11.7. The van der Waals surface area contributed by atoms with E-state index in [9.17, 15) is 9.18 Å². The minimum Gasteiger partial charge on any atom is -0.439 e. The van der Waals surface area contributed by atoms with E-state index in [1.165, 1.54) is 6.07 Å². The summed E-state index contributed by atoms with van der Waals surface area (Å²) < 4.78 is 19.0. The third-order valence-electron chi connectivity index (χ3n) is 4.05. The Hall–Kier alpha value is -3.48. The fraction of sp³-hybridized carbons (Fsp3) is 0.105. The molecule has 0 saturated heterocycles. The van der Waals surface area contributed by atoms with Crippen molar-refractivity contribution >= 4 is 22.7 Å². The predicted molar refractivity (Wildman–Crippen MR) is 95.4 cm³/mol. The second-order valence-corrected chi connectivity index (χ2v) is 5.97. The molecule has 7 heteroatoms. The average Bonchev–Trinajstić information content (AvgIpc) is 3.24. The normalized spacial score (nSPS) is 11.0. The second-order valence-electron chi connectivity index (χ2n) is 5.97. The summed E-state index contributed by atoms with van der Waals surface area (Å²) in [7, 11) is 0. The van der Waals surface area contributed by atoms with Gasteiger partial charge in [-0.3, -0.25) is 9.89 Å². The van der Waals surface area contributed by atoms with Gasteiger partial charge in [0.2, 0.25) is 0 Å². The van der Waals surface area contributed by atoms with E-state index in [1.807, 2.05) is 6.07 Å². The lowest BCUT2D eigenvalue weighted by atomic mass is 10.1. The Morgan fingerprint density at radius 1 is 1.19 bits per heavy atom. The predicted octanol–water partition coefficient (Wildman–Crippen LogP) is 4.23. The van der Waals surface area contributed by atoms with Gasteiger partial charge in [0, 0.05) is 12.5 Å². The van der Waals surface area contributed by atoms with Crippen LogP contribution in [0.4, 0.5) is 10.1 Å². The smallest absolute Gasteiger partial charge is 0.273 e. The van der Waals surface area contributed by atoms with Gasteiger partial charge in [-0.05, 0) is 48.9 Å². The highest BCUT2D eigenvalue weighted by atomic mass is 19.1. The molecule has 2 heterocycles. The second kappa shape index (κ2) is 6.11. The lowest BCUT2D eigenvalue weighted by Gasteiger charge is -2.03. The van der Waals surface area contributed by atoms with Gasteiger partial charge in [0.05, 0.1) is 11.4 Å². The molecule has 0 aliphatic carbocycles. The van der Waals surface area contributed by atoms with Crippen molar-refractivity contribution in [1.29, 1.82) is 0 Å². The summed E-state index contributed by atoms with van der Waals surface area (Å²) in [6.45, 7) is 3.43. The largest absolute Gasteiger partial charge is 0.439 e. The highest BCUT2D eigenvalue weighted by Gasteiger charge is 2.15. The highest BCUT2D eigenvalue weighted by molar-refractivity contribution is 6.07. The first-order valence-electron chi connectivity index (χ1n) is 8.01. The number of aromatic nitrogens is 3. The monoisotopic (exact) mass is 350 g/mol. The van der Waals surface area contributed by atoms with Gasteiger partial charge in [-0.1, -0.05) is 6.07 Å². The quantitative estimate of drug-likeness (QED) is 0.579. The first-order valence-corrected chi connectivity index (χ1v) is 8.01. The number of anilines is 1. The lowest BCUT2D eigenvalue weighted by molar-refractivity contribution is 0.102. The summed E-state index contributed by atoms with van der Waals surface area (Å²) in [4.78, 5) is 16.8. The van der Waals surface area contributed by atoms with Crippen molar-refractivity contribution in [3.63, 3.8) is 0 Å². The van der Waals surface area contributed by atoms with Gasteiger partial charge >= 0.3 is 0 Å². The van der Waals surface area contributed by atoms with Crippen molar-refractivity contribution in [3.05, 3.63) is 65.4 Å². The van der Waals surface area contributed by atoms with E-state index < -0.39 is 0 Å². The van der Waals surface area contributed by atoms with Crippen molar-refractivity contribution in [1.82, 2.24) is 15.2 Å². The van der Waals surface area contributed by atoms with Crippen LogP contribution in [0.15, 0.2) is 46.9 Å². The van der Waals surface area contributed by atoms with Crippen molar-refractivity contribution < 1.29 is 13.6 Å². The number of hydrogen-bond donors (Lipinski definition) is 2. The molecule has 0 spiro atoms. The topological polar surface area (TPSA) is 83.8 Å². The molecule has 0 atom stereocenters. The molecule has 2 aromatic carbocycles. The molecule has 0 bridgehead atoms. The van der Waals surface area contributed by atoms with E-state index in [-0.39, 0.29) is 17.4 Å². The van der Waals surface area contributed by atoms with E-state index in [0.29, 0.717) is 33.9 Å². The van der Waals surface area contributed by atoms with Crippen LogP contribution in [0.25, 0.3) is 22.4 Å². The number of nitrogens with zero attached hydrogens (tertiary/aromatic N) is 2. The molecular weight excluding hydrogens is 335 g/mol. The maximum Gasteiger partial charge on any atom is 0.273 e. The van der Waals surface area contributed by atoms with Gasteiger partial charge in [0.1, 0.15) is 17.0 Å². The number of fused-ring (bicyclic) bond motifs is 1. The molecule has 26 heavy (non-hydrogen) atoms. The standard InChI is InChI=1S/C19H15FN4O2/c1-10-8-12(6-7-13(10)20)16-9-17(24-23-16)19(25)22-15-5-3-4-14-18(15)26-11(2)21-14/h3-9H,1-2H3,(H,22,25)(H,23,24). The van der Waals surface area contributed by atoms with Crippen molar-refractivity contribution in [2.24, 2.45) is 0 Å². The summed E-state index contributed by atoms with van der Waals surface area (Å²) in [5.41, 5.74) is 3.82. The molecule has 0 unspecified atom stereocenters. The molecule has 4 aromatic rings. The molecule has 6 nitrogen and oxygen atoms in total. The molecule has 2 N–H and O–H groups in total. The Morgan fingerprint density at radius 2 is 2.04 bits per heavy atom. The number of aromatic amines is 1. The zero-order valence-electron chi connectivity index (χ0n) is 14.1. The van der Waals surface area contributed by atoms with Gasteiger partial charge in [-0.2, -0.15) is 5.10 Å². The number of benzene rings is 2. The number of hydrogen-bond acceptors (Lipinski definition) is 4. The minimum absolute atomic E-state index is 0.280. The molecule has 1 amide bonds. The van der Waals surface area contributed by atoms with Crippen molar-refractivity contribution in [2.45, 2.75) is 13.8 Å². The molecular formula is C19H15FN4O2. The summed E-state index contributed by atoms with van der Waals surface area (Å²) >= 11 is 0. The van der Waals surface area contributed by atoms with Crippen LogP contribution in [0.1, 0.15) is 21.9 Å². The summed E-state index contributed by atoms with van der Waals surface area (Å²) in [5.74, 6) is -0.112. The first kappa shape index (κ1) is 16.0. The molecule has 0 aliphatic rings. The third kappa shape index (κ3) is 2.83. The molecule has 0 saturated carbocycles. The zero-order chi connectivity index (χ0) is 18.3. The van der Waals surface area contributed by atoms with Crippen molar-refractivity contribution in [3.8, 4) is 11.3 Å². The maximum absolute atomic E-state index is 13.4. The average molecular weight is 350 g/mol. The van der Waals surface area contributed by atoms with Crippen LogP contribution in [-0.2, 0) is 0 Å². The summed E-state index contributed by atoms with van der Waals surface area (Å²) in [6.07, 6.45) is 0. The fourth-order valence-corrected chi connectivity index (χ4v) is 2.74. The molecule has 130 valence electrons. The number of para-hydroxylation sites is 1. The van der Waals surface area contributed by atoms with Gasteiger partial charge in [-0.25, -0.2) is 9.37 Å². The Labute approximate surface area is 148 Å². The molecule has 0 radical (unpaired) electrons. The lowest BCUT2D eigenvalue weighted by Crippen LogP contribution is -2.12. The Kier molecular flexibility index (Phi) is 3.76. The Bertz CT molecular complexity index is 1130. The minimum atomic E-state index is -0.357. The van der Waals surface area contributed by atoms with E-state index >= 15 is 0 Å². The Morgan fingerprint density at radius 3 is 2.85 bits per heavy atom. The zero-order valence-corrected chi connectivity index (χ0v) is 14.1. The number of aryl methyl sites for hydroxylation is 2. The van der Waals surface area contributed by atoms with Crippen LogP contribution < -0.4 is 5.32 Å². The number of carbonyl (C=O) groups excluding carboxylic acids is 1. The van der Waals surface area contributed by atoms with Gasteiger partial charge in [0.15, 0.2) is 11.5 Å². The van der Waals surface area contributed by atoms with Gasteiger partial charge in [-0.15, -0.1) is 0 Å². The molecule has 2 aromatic heterocycles. The SMILES string of the molecule is Cc1nc2cccc(NC(=O)c3cc(-c4ccc(F)c(C)c4)n[nH]3)c2o1. The third-order valence-corrected chi connectivity index (χ3v) is 4.05. The van der Waals surface area contributed by atoms with Crippen LogP contribution in [0.2, 0.25) is 0 Å². The molecule has 0 fully saturated rings. The first-order chi connectivity index (χ1) is 12.5. The van der Waals surface area contributed by atoms with Crippen LogP contribution in [0.3, 0.4) is 0 Å². The fourth-order valence-electron chi connectivity index (χ4n) is 2.74. The van der Waals surface area contributed by atoms with E-state index in [1.54, 1.807) is 44.2 Å². The summed E-state index contributed by atoms with van der Waals surface area (Å²) in [5, 5.41) is 9.65. The van der Waals surface area contributed by atoms with Gasteiger partial charge in [0.25, 0.3) is 5.91 Å². The van der Waals surface area contributed by atoms with E-state index in [0.717, 1.165) is 5.56 Å². The number of amides is 1. The number of carbonyl (C=O) groups is 1. The highest BCUT2D eigenvalue weighted by Crippen LogP contribution is 2.25.